The lowest BCUT2D eigenvalue weighted by Crippen LogP contribution is -2.42. The molecule has 0 fully saturated rings. The van der Waals surface area contributed by atoms with Gasteiger partial charge >= 0.3 is 0 Å². The monoisotopic (exact) mass is 617 g/mol. The van der Waals surface area contributed by atoms with E-state index in [1.165, 1.54) is 12.5 Å². The van der Waals surface area contributed by atoms with Gasteiger partial charge in [0.2, 0.25) is 12.3 Å². The van der Waals surface area contributed by atoms with Crippen LogP contribution in [0.2, 0.25) is 0 Å². The molecule has 6 N–H and O–H groups in total. The Hall–Kier alpha value is -3.17. The molecule has 9 heteroatoms. The highest BCUT2D eigenvalue weighted by Crippen LogP contribution is 2.20. The van der Waals surface area contributed by atoms with Gasteiger partial charge in [-0.25, -0.2) is 4.39 Å². The van der Waals surface area contributed by atoms with E-state index in [-0.39, 0.29) is 23.8 Å². The lowest BCUT2D eigenvalue weighted by molar-refractivity contribution is -0.120. The van der Waals surface area contributed by atoms with Crippen molar-refractivity contribution in [1.29, 1.82) is 0 Å². The van der Waals surface area contributed by atoms with Crippen LogP contribution >= 0.6 is 0 Å². The van der Waals surface area contributed by atoms with Gasteiger partial charge in [-0.2, -0.15) is 0 Å². The molecule has 0 radical (unpaired) electrons. The molecule has 0 aliphatic carbocycles. The van der Waals surface area contributed by atoms with Gasteiger partial charge in [0.1, 0.15) is 18.2 Å². The van der Waals surface area contributed by atoms with Crippen molar-refractivity contribution in [3.05, 3.63) is 58.9 Å². The molecule has 0 heterocycles. The second-order valence-electron chi connectivity index (χ2n) is 11.1. The van der Waals surface area contributed by atoms with Gasteiger partial charge < -0.3 is 31.7 Å². The minimum atomic E-state index is -0.172. The van der Waals surface area contributed by atoms with Crippen LogP contribution in [0, 0.1) is 12.7 Å². The number of hydrogen-bond acceptors (Lipinski definition) is 6. The molecule has 1 unspecified atom stereocenters. The van der Waals surface area contributed by atoms with E-state index in [0.717, 1.165) is 80.5 Å². The summed E-state index contributed by atoms with van der Waals surface area (Å²) in [6, 6.07) is 11.6. The van der Waals surface area contributed by atoms with Crippen molar-refractivity contribution in [2.45, 2.75) is 105 Å². The van der Waals surface area contributed by atoms with E-state index in [4.69, 9.17) is 10.5 Å². The summed E-state index contributed by atoms with van der Waals surface area (Å²) in [5.41, 5.74) is 8.89. The molecular weight excluding hydrogens is 557 g/mol. The largest absolute Gasteiger partial charge is 0.492 e. The van der Waals surface area contributed by atoms with Crippen molar-refractivity contribution in [1.82, 2.24) is 21.3 Å². The maximum absolute atomic E-state index is 13.2. The second-order valence-corrected chi connectivity index (χ2v) is 11.1. The van der Waals surface area contributed by atoms with E-state index < -0.39 is 0 Å². The molecule has 0 saturated carbocycles. The van der Waals surface area contributed by atoms with Crippen molar-refractivity contribution < 1.29 is 18.7 Å². The van der Waals surface area contributed by atoms with Gasteiger partial charge in [0, 0.05) is 37.4 Å². The number of aryl methyl sites for hydroxylation is 2. The minimum absolute atomic E-state index is 0.0438. The molecule has 250 valence electrons. The third kappa shape index (κ3) is 19.9. The maximum atomic E-state index is 13.2. The number of ether oxygens (including phenoxy) is 1. The molecule has 44 heavy (non-hydrogen) atoms. The van der Waals surface area contributed by atoms with Crippen molar-refractivity contribution >= 4 is 18.0 Å². The number of anilines is 1. The Morgan fingerprint density at radius 2 is 1.70 bits per heavy atom. The highest BCUT2D eigenvalue weighted by atomic mass is 19.1. The van der Waals surface area contributed by atoms with E-state index in [2.05, 4.69) is 55.0 Å². The number of carbonyl (C=O) groups is 2. The fourth-order valence-corrected chi connectivity index (χ4v) is 4.37. The summed E-state index contributed by atoms with van der Waals surface area (Å²) in [5, 5.41) is 12.2. The van der Waals surface area contributed by atoms with Crippen molar-refractivity contribution in [2.75, 3.05) is 38.5 Å². The first-order valence-corrected chi connectivity index (χ1v) is 16.3. The number of hydrogen-bond donors (Lipinski definition) is 5. The smallest absolute Gasteiger partial charge is 0.234 e. The zero-order valence-electron chi connectivity index (χ0n) is 28.4. The topological polar surface area (TPSA) is 118 Å². The third-order valence-corrected chi connectivity index (χ3v) is 6.46. The van der Waals surface area contributed by atoms with Crippen LogP contribution in [-0.2, 0) is 22.4 Å². The number of nitrogen functional groups attached to an aromatic ring is 1. The maximum Gasteiger partial charge on any atom is 0.234 e. The van der Waals surface area contributed by atoms with Gasteiger partial charge in [0.15, 0.2) is 0 Å². The normalized spacial score (nSPS) is 11.6. The fraction of sp³-hybridized carbons (Fsp3) is 0.600. The van der Waals surface area contributed by atoms with E-state index in [9.17, 15) is 14.0 Å². The summed E-state index contributed by atoms with van der Waals surface area (Å²) >= 11 is 0. The number of nitrogens with two attached hydrogens (primary N) is 1. The van der Waals surface area contributed by atoms with Crippen LogP contribution in [0.4, 0.5) is 10.1 Å². The average Bonchev–Trinajstić information content (AvgIpc) is 2.97. The molecule has 2 aromatic carbocycles. The number of para-hydroxylation sites is 1. The predicted octanol–water partition coefficient (Wildman–Crippen LogP) is 5.70. The highest BCUT2D eigenvalue weighted by molar-refractivity contribution is 5.78. The highest BCUT2D eigenvalue weighted by Gasteiger charge is 2.08. The molecule has 0 bridgehead atoms. The summed E-state index contributed by atoms with van der Waals surface area (Å²) in [7, 11) is 0. The van der Waals surface area contributed by atoms with E-state index in [1.807, 2.05) is 45.0 Å². The van der Waals surface area contributed by atoms with Gasteiger partial charge in [-0.1, -0.05) is 65.2 Å². The molecule has 0 aromatic heterocycles. The van der Waals surface area contributed by atoms with Crippen LogP contribution in [0.5, 0.6) is 5.75 Å². The summed E-state index contributed by atoms with van der Waals surface area (Å²) < 4.78 is 19.2. The second kappa shape index (κ2) is 26.3. The molecule has 2 rings (SSSR count). The number of benzene rings is 2. The molecule has 2 amide bonds. The van der Waals surface area contributed by atoms with E-state index in [0.29, 0.717) is 25.4 Å². The Morgan fingerprint density at radius 1 is 1.00 bits per heavy atom. The average molecular weight is 618 g/mol. The zero-order valence-corrected chi connectivity index (χ0v) is 28.4. The number of carbonyl (C=O) groups excluding carboxylic acids is 2. The Kier molecular flexibility index (Phi) is 24.4. The summed E-state index contributed by atoms with van der Waals surface area (Å²) in [6.45, 7) is 17.5. The van der Waals surface area contributed by atoms with Crippen molar-refractivity contribution in [3.63, 3.8) is 0 Å². The van der Waals surface area contributed by atoms with Gasteiger partial charge in [0.25, 0.3) is 0 Å². The Bertz CT molecular complexity index is 1010. The zero-order chi connectivity index (χ0) is 33.2. The first-order valence-electron chi connectivity index (χ1n) is 16.3. The van der Waals surface area contributed by atoms with E-state index >= 15 is 0 Å². The molecular formula is C35H60FN5O3. The van der Waals surface area contributed by atoms with Crippen LogP contribution in [-0.4, -0.2) is 57.2 Å². The summed E-state index contributed by atoms with van der Waals surface area (Å²) in [5.74, 6) is 0.764. The van der Waals surface area contributed by atoms with Crippen molar-refractivity contribution in [3.8, 4) is 5.75 Å². The quantitative estimate of drug-likeness (QED) is 0.0784. The van der Waals surface area contributed by atoms with Crippen LogP contribution in [0.15, 0.2) is 36.4 Å². The molecule has 0 spiro atoms. The number of nitrogens with one attached hydrogen (secondary N) is 4. The standard InChI is InChI=1S/C22H38N4O3.C10H14FN.C3H8/c1-4-8-18(2)26-22(28)15-23-13-14-25-19(3)16-29-21-11-6-5-9-20(21)10-7-12-24-17-27;1-3-4-9-7(2)5-8(12)6-10(9)11;1-3-2/h5-6,9,11,17-19,23,25H,4,7-8,10,12-16H2,1-3H3,(H,24,27)(H,26,28);5-6H,3-4,12H2,1-2H3;3H2,1-2H3/t18?,19-;;/m0../s1. The van der Waals surface area contributed by atoms with Gasteiger partial charge in [-0.05, 0) is 81.3 Å². The van der Waals surface area contributed by atoms with E-state index in [1.54, 1.807) is 0 Å². The number of amides is 2. The molecule has 2 aromatic rings. The van der Waals surface area contributed by atoms with Gasteiger partial charge in [0.05, 0.1) is 6.54 Å². The van der Waals surface area contributed by atoms with Crippen LogP contribution in [0.25, 0.3) is 0 Å². The lowest BCUT2D eigenvalue weighted by atomic mass is 10.0. The Labute approximate surface area is 266 Å². The molecule has 0 aliphatic rings. The third-order valence-electron chi connectivity index (χ3n) is 6.46. The summed E-state index contributed by atoms with van der Waals surface area (Å²) in [4.78, 5) is 22.1. The van der Waals surface area contributed by atoms with Gasteiger partial charge in [-0.15, -0.1) is 0 Å². The first-order chi connectivity index (χ1) is 21.1. The van der Waals surface area contributed by atoms with Crippen molar-refractivity contribution in [2.24, 2.45) is 0 Å². The Morgan fingerprint density at radius 3 is 2.34 bits per heavy atom. The predicted molar refractivity (Wildman–Crippen MR) is 183 cm³/mol. The first kappa shape index (κ1) is 40.8. The van der Waals surface area contributed by atoms with Gasteiger partial charge in [-0.3, -0.25) is 9.59 Å². The SMILES string of the molecule is CCC.CCCC(C)NC(=O)CNCCN[C@@H](C)COc1ccccc1CCCNC=O.CCCc1c(C)cc(N)cc1F. The number of halogens is 1. The van der Waals surface area contributed by atoms with Crippen LogP contribution in [0.3, 0.4) is 0 Å². The minimum Gasteiger partial charge on any atom is -0.492 e. The molecule has 0 saturated heterocycles. The molecule has 8 nitrogen and oxygen atoms in total. The lowest BCUT2D eigenvalue weighted by Gasteiger charge is -2.17. The number of rotatable bonds is 19. The fourth-order valence-electron chi connectivity index (χ4n) is 4.37. The molecule has 2 atom stereocenters. The summed E-state index contributed by atoms with van der Waals surface area (Å²) in [6.07, 6.45) is 7.54. The Balaban J connectivity index is 0.00000101. The van der Waals surface area contributed by atoms with Crippen LogP contribution in [0.1, 0.15) is 90.3 Å². The molecule has 0 aliphatic heterocycles. The van der Waals surface area contributed by atoms with Crippen LogP contribution < -0.4 is 31.7 Å².